The van der Waals surface area contributed by atoms with Gasteiger partial charge in [0.1, 0.15) is 6.04 Å². The Kier molecular flexibility index (Phi) is 2.80. The third-order valence-corrected chi connectivity index (χ3v) is 7.15. The quantitative estimate of drug-likeness (QED) is 0.632. The lowest BCUT2D eigenvalue weighted by molar-refractivity contribution is -0.158. The number of amides is 1. The number of carbonyl (C=O) groups is 1. The molecule has 2 aromatic carbocycles. The highest BCUT2D eigenvalue weighted by Gasteiger charge is 3.06. The van der Waals surface area contributed by atoms with Crippen molar-refractivity contribution in [3.05, 3.63) is 64.6 Å². The summed E-state index contributed by atoms with van der Waals surface area (Å²) >= 11 is 3.23. The molecular formula is C20H12BrF4NO2. The van der Waals surface area contributed by atoms with Crippen molar-refractivity contribution in [2.45, 2.75) is 29.1 Å². The lowest BCUT2D eigenvalue weighted by Crippen LogP contribution is -2.41. The van der Waals surface area contributed by atoms with Gasteiger partial charge in [-0.2, -0.15) is 0 Å². The van der Waals surface area contributed by atoms with Crippen molar-refractivity contribution in [1.82, 2.24) is 0 Å². The molecule has 4 aliphatic rings. The molecule has 6 rings (SSSR count). The van der Waals surface area contributed by atoms with Crippen LogP contribution in [0.4, 0.5) is 23.2 Å². The Bertz CT molecular complexity index is 1030. The first-order chi connectivity index (χ1) is 13.2. The summed E-state index contributed by atoms with van der Waals surface area (Å²) in [5, 5.41) is 0. The summed E-state index contributed by atoms with van der Waals surface area (Å²) in [7, 11) is 0. The molecule has 2 saturated heterocycles. The molecule has 0 radical (unpaired) electrons. The van der Waals surface area contributed by atoms with Crippen LogP contribution in [0.15, 0.2) is 59.1 Å². The summed E-state index contributed by atoms with van der Waals surface area (Å²) in [5.41, 5.74) is -3.98. The van der Waals surface area contributed by atoms with Gasteiger partial charge in [0.05, 0.1) is 11.8 Å². The van der Waals surface area contributed by atoms with Crippen LogP contribution >= 0.6 is 15.9 Å². The maximum atomic E-state index is 14.9. The molecule has 1 spiro atoms. The van der Waals surface area contributed by atoms with Crippen LogP contribution in [0.5, 0.6) is 0 Å². The number of rotatable bonds is 2. The van der Waals surface area contributed by atoms with Gasteiger partial charge in [-0.25, -0.2) is 17.6 Å². The predicted molar refractivity (Wildman–Crippen MR) is 94.2 cm³/mol. The van der Waals surface area contributed by atoms with Crippen molar-refractivity contribution in [2.75, 3.05) is 4.90 Å². The standard InChI is InChI=1S/C20H12BrF4NO2/c21-11-8-6-10(7-9-11)17-14(19(17,22)23)13-15(27)26(12-4-2-1-3-5-12)16-18(13,28-17)20(16,24)25/h1-9,13-14,16H. The Morgan fingerprint density at radius 3 is 2.21 bits per heavy atom. The normalized spacial score (nSPS) is 40.7. The van der Waals surface area contributed by atoms with E-state index in [1.54, 1.807) is 30.3 Å². The van der Waals surface area contributed by atoms with Crippen LogP contribution in [-0.2, 0) is 15.1 Å². The third kappa shape index (κ3) is 1.51. The number of halogens is 5. The SMILES string of the molecule is O=C1C2C3C(F)(F)C3(c3ccc(Br)cc3)OC23C(N1c1ccccc1)C3(F)F. The molecule has 5 atom stereocenters. The Hall–Kier alpha value is -1.93. The Morgan fingerprint density at radius 2 is 1.57 bits per heavy atom. The summed E-state index contributed by atoms with van der Waals surface area (Å²) in [4.78, 5) is 14.0. The molecule has 0 bridgehead atoms. The van der Waals surface area contributed by atoms with Crippen LogP contribution in [0.3, 0.4) is 0 Å². The summed E-state index contributed by atoms with van der Waals surface area (Å²) in [6.45, 7) is 0. The van der Waals surface area contributed by atoms with E-state index in [1.165, 1.54) is 24.3 Å². The fraction of sp³-hybridized carbons (Fsp3) is 0.350. The van der Waals surface area contributed by atoms with Gasteiger partial charge in [0.2, 0.25) is 5.91 Å². The molecule has 28 heavy (non-hydrogen) atoms. The Labute approximate surface area is 165 Å². The fourth-order valence-corrected chi connectivity index (χ4v) is 5.66. The Morgan fingerprint density at radius 1 is 0.929 bits per heavy atom. The van der Waals surface area contributed by atoms with Crippen LogP contribution in [0.1, 0.15) is 5.56 Å². The van der Waals surface area contributed by atoms with Crippen molar-refractivity contribution >= 4 is 27.5 Å². The van der Waals surface area contributed by atoms with Crippen molar-refractivity contribution in [2.24, 2.45) is 11.8 Å². The van der Waals surface area contributed by atoms with Crippen molar-refractivity contribution < 1.29 is 27.1 Å². The number of ether oxygens (including phenoxy) is 1. The van der Waals surface area contributed by atoms with Gasteiger partial charge in [-0.15, -0.1) is 0 Å². The number of hydrogen-bond acceptors (Lipinski definition) is 2. The number of anilines is 1. The van der Waals surface area contributed by atoms with E-state index in [1.807, 2.05) is 0 Å². The van der Waals surface area contributed by atoms with Crippen molar-refractivity contribution in [3.63, 3.8) is 0 Å². The van der Waals surface area contributed by atoms with Gasteiger partial charge in [0, 0.05) is 10.2 Å². The summed E-state index contributed by atoms with van der Waals surface area (Å²) < 4.78 is 65.9. The fourth-order valence-electron chi connectivity index (χ4n) is 5.39. The van der Waals surface area contributed by atoms with Crippen molar-refractivity contribution in [1.29, 1.82) is 0 Å². The molecule has 0 aromatic heterocycles. The number of benzene rings is 2. The highest BCUT2D eigenvalue weighted by Crippen LogP contribution is 2.86. The zero-order valence-electron chi connectivity index (χ0n) is 14.1. The van der Waals surface area contributed by atoms with E-state index < -0.39 is 46.8 Å². The molecule has 2 saturated carbocycles. The second-order valence-electron chi connectivity index (χ2n) is 7.79. The molecule has 8 heteroatoms. The second kappa shape index (κ2) is 4.62. The van der Waals surface area contributed by atoms with Crippen LogP contribution in [0.25, 0.3) is 0 Å². The molecule has 5 unspecified atom stereocenters. The monoisotopic (exact) mass is 453 g/mol. The van der Waals surface area contributed by atoms with Crippen LogP contribution < -0.4 is 4.90 Å². The number of alkyl halides is 4. The molecular weight excluding hydrogens is 442 g/mol. The van der Waals surface area contributed by atoms with E-state index in [0.717, 1.165) is 4.90 Å². The van der Waals surface area contributed by atoms with E-state index in [9.17, 15) is 22.4 Å². The molecule has 1 amide bonds. The highest BCUT2D eigenvalue weighted by molar-refractivity contribution is 9.10. The summed E-state index contributed by atoms with van der Waals surface area (Å²) in [6.07, 6.45) is 0. The van der Waals surface area contributed by atoms with Gasteiger partial charge in [-0.1, -0.05) is 46.3 Å². The smallest absolute Gasteiger partial charge is 0.302 e. The molecule has 144 valence electrons. The second-order valence-corrected chi connectivity index (χ2v) is 8.70. The maximum absolute atomic E-state index is 14.9. The number of piperidine rings is 1. The van der Waals surface area contributed by atoms with Gasteiger partial charge < -0.3 is 4.74 Å². The summed E-state index contributed by atoms with van der Waals surface area (Å²) in [6, 6.07) is 12.4. The number of fused-ring (bicyclic) bond motifs is 2. The number of nitrogens with zero attached hydrogens (tertiary/aromatic N) is 1. The molecule has 2 aliphatic heterocycles. The molecule has 2 aromatic rings. The average molecular weight is 454 g/mol. The summed E-state index contributed by atoms with van der Waals surface area (Å²) in [5.74, 6) is -10.7. The highest BCUT2D eigenvalue weighted by atomic mass is 79.9. The zero-order valence-corrected chi connectivity index (χ0v) is 15.7. The van der Waals surface area contributed by atoms with Gasteiger partial charge >= 0.3 is 5.92 Å². The number of hydrogen-bond donors (Lipinski definition) is 0. The minimum absolute atomic E-state index is 0.120. The van der Waals surface area contributed by atoms with Crippen molar-refractivity contribution in [3.8, 4) is 0 Å². The lowest BCUT2D eigenvalue weighted by Gasteiger charge is -2.24. The van der Waals surface area contributed by atoms with E-state index >= 15 is 0 Å². The molecule has 4 fully saturated rings. The van der Waals surface area contributed by atoms with Gasteiger partial charge in [-0.3, -0.25) is 9.69 Å². The largest absolute Gasteiger partial charge is 0.347 e. The van der Waals surface area contributed by atoms with Crippen LogP contribution in [0.2, 0.25) is 0 Å². The maximum Gasteiger partial charge on any atom is 0.302 e. The lowest BCUT2D eigenvalue weighted by atomic mass is 9.94. The minimum Gasteiger partial charge on any atom is -0.347 e. The molecule has 2 heterocycles. The first-order valence-corrected chi connectivity index (χ1v) is 9.60. The Balaban J connectivity index is 1.49. The molecule has 2 aliphatic carbocycles. The first-order valence-electron chi connectivity index (χ1n) is 8.81. The number of carbonyl (C=O) groups excluding carboxylic acids is 1. The minimum atomic E-state index is -3.39. The van der Waals surface area contributed by atoms with Gasteiger partial charge in [0.25, 0.3) is 5.92 Å². The van der Waals surface area contributed by atoms with E-state index in [2.05, 4.69) is 15.9 Å². The molecule has 3 nitrogen and oxygen atoms in total. The van der Waals surface area contributed by atoms with Crippen LogP contribution in [-0.4, -0.2) is 29.4 Å². The number of para-hydroxylation sites is 1. The average Bonchev–Trinajstić information content (AvgIpc) is 3.13. The van der Waals surface area contributed by atoms with E-state index in [0.29, 0.717) is 4.47 Å². The third-order valence-electron chi connectivity index (χ3n) is 6.62. The van der Waals surface area contributed by atoms with Gasteiger partial charge in [-0.05, 0) is 29.8 Å². The first kappa shape index (κ1) is 17.0. The zero-order chi connectivity index (χ0) is 19.7. The van der Waals surface area contributed by atoms with Crippen LogP contribution in [0, 0.1) is 11.8 Å². The van der Waals surface area contributed by atoms with Gasteiger partial charge in [0.15, 0.2) is 11.2 Å². The predicted octanol–water partition coefficient (Wildman–Crippen LogP) is 4.36. The topological polar surface area (TPSA) is 29.5 Å². The molecule has 0 N–H and O–H groups in total. The van der Waals surface area contributed by atoms with E-state index in [4.69, 9.17) is 4.74 Å². The van der Waals surface area contributed by atoms with E-state index in [-0.39, 0.29) is 11.3 Å².